The Morgan fingerprint density at radius 3 is 2.38 bits per heavy atom. The number of carbonyl (C=O) groups is 4. The zero-order valence-electron chi connectivity index (χ0n) is 15.8. The Kier molecular flexibility index (Phi) is 4.75. The van der Waals surface area contributed by atoms with Crippen molar-refractivity contribution in [2.24, 2.45) is 0 Å². The van der Waals surface area contributed by atoms with Gasteiger partial charge < -0.3 is 15.0 Å². The van der Waals surface area contributed by atoms with E-state index in [4.69, 9.17) is 4.74 Å². The van der Waals surface area contributed by atoms with E-state index in [2.05, 4.69) is 5.32 Å². The molecule has 0 saturated carbocycles. The van der Waals surface area contributed by atoms with Gasteiger partial charge in [-0.05, 0) is 36.8 Å². The van der Waals surface area contributed by atoms with E-state index < -0.39 is 24.3 Å². The van der Waals surface area contributed by atoms with Crippen LogP contribution in [0.25, 0.3) is 0 Å². The summed E-state index contributed by atoms with van der Waals surface area (Å²) in [5.74, 6) is -1.06. The fraction of sp³-hybridized carbons (Fsp3) is 0.238. The molecule has 2 heterocycles. The van der Waals surface area contributed by atoms with Gasteiger partial charge in [0.1, 0.15) is 12.3 Å². The Morgan fingerprint density at radius 2 is 1.72 bits per heavy atom. The molecule has 0 radical (unpaired) electrons. The van der Waals surface area contributed by atoms with E-state index in [1.165, 1.54) is 0 Å². The molecule has 0 fully saturated rings. The van der Waals surface area contributed by atoms with Gasteiger partial charge in [-0.3, -0.25) is 24.1 Å². The van der Waals surface area contributed by atoms with Crippen molar-refractivity contribution >= 4 is 35.0 Å². The first kappa shape index (κ1) is 18.7. The van der Waals surface area contributed by atoms with Crippen LogP contribution in [0.2, 0.25) is 0 Å². The quantitative estimate of drug-likeness (QED) is 0.785. The van der Waals surface area contributed by atoms with Gasteiger partial charge in [-0.1, -0.05) is 19.1 Å². The van der Waals surface area contributed by atoms with Gasteiger partial charge in [0, 0.05) is 12.2 Å². The second-order valence-corrected chi connectivity index (χ2v) is 6.81. The second kappa shape index (κ2) is 7.38. The van der Waals surface area contributed by atoms with E-state index in [1.54, 1.807) is 47.4 Å². The van der Waals surface area contributed by atoms with Crippen molar-refractivity contribution in [2.75, 3.05) is 29.9 Å². The van der Waals surface area contributed by atoms with Crippen LogP contribution in [0.4, 0.5) is 11.4 Å². The second-order valence-electron chi connectivity index (χ2n) is 6.81. The summed E-state index contributed by atoms with van der Waals surface area (Å²) in [6.07, 6.45) is 0.779. The normalized spacial score (nSPS) is 15.1. The van der Waals surface area contributed by atoms with Crippen LogP contribution in [0.1, 0.15) is 34.1 Å². The Balaban J connectivity index is 1.49. The number of rotatable bonds is 5. The number of imide groups is 1. The summed E-state index contributed by atoms with van der Waals surface area (Å²) in [4.78, 5) is 52.0. The first-order valence-corrected chi connectivity index (χ1v) is 9.32. The maximum absolute atomic E-state index is 12.5. The molecule has 0 atom stereocenters. The average molecular weight is 393 g/mol. The number of fused-ring (bicyclic) bond motifs is 2. The summed E-state index contributed by atoms with van der Waals surface area (Å²) in [6, 6.07) is 11.5. The molecule has 2 aliphatic heterocycles. The van der Waals surface area contributed by atoms with Gasteiger partial charge in [0.25, 0.3) is 17.7 Å². The standard InChI is InChI=1S/C21H19N3O5/c1-2-9-23-16-10-13(7-8-17(16)29-12-19(23)26)22-18(25)11-24-20(27)14-5-3-4-6-15(14)21(24)28/h3-8,10H,2,9,11-12H2,1H3,(H,22,25). The van der Waals surface area contributed by atoms with Crippen LogP contribution in [0, 0.1) is 0 Å². The number of hydrogen-bond acceptors (Lipinski definition) is 5. The number of ether oxygens (including phenoxy) is 1. The molecule has 2 aromatic carbocycles. The smallest absolute Gasteiger partial charge is 0.265 e. The lowest BCUT2D eigenvalue weighted by molar-refractivity contribution is -0.121. The molecule has 4 amide bonds. The highest BCUT2D eigenvalue weighted by molar-refractivity contribution is 6.22. The number of nitrogens with one attached hydrogen (secondary N) is 1. The van der Waals surface area contributed by atoms with Crippen LogP contribution in [-0.4, -0.2) is 48.2 Å². The maximum atomic E-state index is 12.5. The Bertz CT molecular complexity index is 998. The van der Waals surface area contributed by atoms with Crippen molar-refractivity contribution in [3.63, 3.8) is 0 Å². The van der Waals surface area contributed by atoms with E-state index in [0.29, 0.717) is 34.8 Å². The molecule has 148 valence electrons. The minimum absolute atomic E-state index is 0.0154. The number of carbonyl (C=O) groups excluding carboxylic acids is 4. The molecule has 2 aromatic rings. The number of nitrogens with zero attached hydrogens (tertiary/aromatic N) is 2. The Morgan fingerprint density at radius 1 is 1.03 bits per heavy atom. The number of anilines is 2. The number of amides is 4. The van der Waals surface area contributed by atoms with E-state index in [9.17, 15) is 19.2 Å². The van der Waals surface area contributed by atoms with Gasteiger partial charge in [-0.15, -0.1) is 0 Å². The van der Waals surface area contributed by atoms with Crippen molar-refractivity contribution in [1.29, 1.82) is 0 Å². The average Bonchev–Trinajstić information content (AvgIpc) is 2.95. The maximum Gasteiger partial charge on any atom is 0.265 e. The molecule has 1 N–H and O–H groups in total. The summed E-state index contributed by atoms with van der Waals surface area (Å²) >= 11 is 0. The summed E-state index contributed by atoms with van der Waals surface area (Å²) in [6.45, 7) is 2.10. The monoisotopic (exact) mass is 393 g/mol. The topological polar surface area (TPSA) is 96.0 Å². The summed E-state index contributed by atoms with van der Waals surface area (Å²) in [5.41, 5.74) is 1.63. The van der Waals surface area contributed by atoms with Gasteiger partial charge in [0.15, 0.2) is 6.61 Å². The minimum atomic E-state index is -0.510. The predicted molar refractivity (Wildman–Crippen MR) is 105 cm³/mol. The van der Waals surface area contributed by atoms with Crippen molar-refractivity contribution in [3.05, 3.63) is 53.6 Å². The molecule has 0 bridgehead atoms. The first-order valence-electron chi connectivity index (χ1n) is 9.32. The van der Waals surface area contributed by atoms with Crippen molar-refractivity contribution in [1.82, 2.24) is 4.90 Å². The molecule has 0 spiro atoms. The molecule has 2 aliphatic rings. The third kappa shape index (κ3) is 3.33. The number of benzene rings is 2. The summed E-state index contributed by atoms with van der Waals surface area (Å²) in [7, 11) is 0. The van der Waals surface area contributed by atoms with Crippen LogP contribution >= 0.6 is 0 Å². The van der Waals surface area contributed by atoms with Gasteiger partial charge in [0.05, 0.1) is 16.8 Å². The highest BCUT2D eigenvalue weighted by Gasteiger charge is 2.36. The third-order valence-electron chi connectivity index (χ3n) is 4.81. The van der Waals surface area contributed by atoms with Gasteiger partial charge >= 0.3 is 0 Å². The van der Waals surface area contributed by atoms with Crippen LogP contribution in [-0.2, 0) is 9.59 Å². The molecular weight excluding hydrogens is 374 g/mol. The highest BCUT2D eigenvalue weighted by atomic mass is 16.5. The highest BCUT2D eigenvalue weighted by Crippen LogP contribution is 2.34. The van der Waals surface area contributed by atoms with E-state index in [-0.39, 0.29) is 12.5 Å². The van der Waals surface area contributed by atoms with Crippen LogP contribution < -0.4 is 15.0 Å². The minimum Gasteiger partial charge on any atom is -0.482 e. The molecule has 29 heavy (non-hydrogen) atoms. The van der Waals surface area contributed by atoms with E-state index in [1.807, 2.05) is 6.92 Å². The molecule has 0 saturated heterocycles. The molecule has 0 unspecified atom stereocenters. The summed E-state index contributed by atoms with van der Waals surface area (Å²) < 4.78 is 5.44. The molecular formula is C21H19N3O5. The fourth-order valence-corrected chi connectivity index (χ4v) is 3.48. The number of hydrogen-bond donors (Lipinski definition) is 1. The van der Waals surface area contributed by atoms with Crippen LogP contribution in [0.15, 0.2) is 42.5 Å². The molecule has 0 aromatic heterocycles. The van der Waals surface area contributed by atoms with Crippen molar-refractivity contribution in [3.8, 4) is 5.75 Å². The summed E-state index contributed by atoms with van der Waals surface area (Å²) in [5, 5.41) is 2.69. The van der Waals surface area contributed by atoms with E-state index >= 15 is 0 Å². The predicted octanol–water partition coefficient (Wildman–Crippen LogP) is 2.06. The Labute approximate surface area is 167 Å². The van der Waals surface area contributed by atoms with Gasteiger partial charge in [0.2, 0.25) is 5.91 Å². The lowest BCUT2D eigenvalue weighted by Gasteiger charge is -2.29. The SMILES string of the molecule is CCCN1C(=O)COc2ccc(NC(=O)CN3C(=O)c4ccccc4C3=O)cc21. The lowest BCUT2D eigenvalue weighted by atomic mass is 10.1. The van der Waals surface area contributed by atoms with Crippen molar-refractivity contribution in [2.45, 2.75) is 13.3 Å². The van der Waals surface area contributed by atoms with Gasteiger partial charge in [-0.25, -0.2) is 0 Å². The molecule has 8 nitrogen and oxygen atoms in total. The first-order chi connectivity index (χ1) is 14.0. The molecule has 8 heteroatoms. The van der Waals surface area contributed by atoms with Crippen LogP contribution in [0.3, 0.4) is 0 Å². The molecule has 4 rings (SSSR count). The Hall–Kier alpha value is -3.68. The van der Waals surface area contributed by atoms with Gasteiger partial charge in [-0.2, -0.15) is 0 Å². The van der Waals surface area contributed by atoms with E-state index in [0.717, 1.165) is 11.3 Å². The van der Waals surface area contributed by atoms with Crippen molar-refractivity contribution < 1.29 is 23.9 Å². The molecule has 0 aliphatic carbocycles. The third-order valence-corrected chi connectivity index (χ3v) is 4.81. The fourth-order valence-electron chi connectivity index (χ4n) is 3.48. The largest absolute Gasteiger partial charge is 0.482 e. The zero-order valence-corrected chi connectivity index (χ0v) is 15.8. The van der Waals surface area contributed by atoms with Crippen LogP contribution in [0.5, 0.6) is 5.75 Å². The zero-order chi connectivity index (χ0) is 20.5. The lowest BCUT2D eigenvalue weighted by Crippen LogP contribution is -2.39.